The molecule has 0 N–H and O–H groups in total. The van der Waals surface area contributed by atoms with Crippen LogP contribution in [0.1, 0.15) is 5.69 Å². The summed E-state index contributed by atoms with van der Waals surface area (Å²) in [7, 11) is 1.99. The summed E-state index contributed by atoms with van der Waals surface area (Å²) < 4.78 is 7.19. The van der Waals surface area contributed by atoms with Gasteiger partial charge in [0, 0.05) is 39.4 Å². The summed E-state index contributed by atoms with van der Waals surface area (Å²) in [4.78, 5) is 9.00. The van der Waals surface area contributed by atoms with Gasteiger partial charge in [-0.05, 0) is 12.1 Å². The number of nitrogens with zero attached hydrogens (tertiary/aromatic N) is 5. The van der Waals surface area contributed by atoms with Crippen molar-refractivity contribution in [3.63, 3.8) is 0 Å². The fourth-order valence-corrected chi connectivity index (χ4v) is 2.58. The highest BCUT2D eigenvalue weighted by Gasteiger charge is 2.17. The fraction of sp³-hybridized carbons (Fsp3) is 0.467. The van der Waals surface area contributed by atoms with Crippen LogP contribution in [0.25, 0.3) is 5.65 Å². The van der Waals surface area contributed by atoms with Gasteiger partial charge in [0.2, 0.25) is 0 Å². The van der Waals surface area contributed by atoms with Gasteiger partial charge in [-0.2, -0.15) is 5.26 Å². The zero-order valence-electron chi connectivity index (χ0n) is 12.2. The topological polar surface area (TPSA) is 56.8 Å². The van der Waals surface area contributed by atoms with Crippen molar-refractivity contribution in [2.75, 3.05) is 51.3 Å². The van der Waals surface area contributed by atoms with Crippen LogP contribution in [0.15, 0.2) is 24.4 Å². The Morgan fingerprint density at radius 3 is 2.95 bits per heavy atom. The maximum Gasteiger partial charge on any atom is 0.169 e. The Labute approximate surface area is 124 Å². The first-order chi connectivity index (χ1) is 10.3. The lowest BCUT2D eigenvalue weighted by molar-refractivity contribution is 0.0393. The van der Waals surface area contributed by atoms with E-state index in [1.54, 1.807) is 0 Å². The van der Waals surface area contributed by atoms with Crippen LogP contribution in [-0.2, 0) is 4.74 Å². The number of likely N-dealkylation sites (N-methyl/N-ethyl adjacent to an activating group) is 1. The summed E-state index contributed by atoms with van der Waals surface area (Å²) in [6.45, 7) is 5.37. The second-order valence-electron chi connectivity index (χ2n) is 5.20. The van der Waals surface area contributed by atoms with Crippen molar-refractivity contribution in [3.8, 4) is 6.07 Å². The lowest BCUT2D eigenvalue weighted by Crippen LogP contribution is -2.40. The number of fused-ring (bicyclic) bond motifs is 1. The number of rotatable bonds is 4. The minimum Gasteiger partial charge on any atom is -0.379 e. The molecule has 0 atom stereocenters. The monoisotopic (exact) mass is 285 g/mol. The Morgan fingerprint density at radius 2 is 2.19 bits per heavy atom. The molecule has 3 rings (SSSR count). The van der Waals surface area contributed by atoms with Crippen LogP contribution in [0.4, 0.5) is 5.82 Å². The van der Waals surface area contributed by atoms with Gasteiger partial charge >= 0.3 is 0 Å². The van der Waals surface area contributed by atoms with Gasteiger partial charge in [-0.25, -0.2) is 4.98 Å². The van der Waals surface area contributed by atoms with Crippen LogP contribution >= 0.6 is 0 Å². The number of hydrogen-bond donors (Lipinski definition) is 0. The first-order valence-corrected chi connectivity index (χ1v) is 7.18. The molecule has 1 fully saturated rings. The molecule has 110 valence electrons. The molecule has 2 aromatic heterocycles. The number of anilines is 1. The van der Waals surface area contributed by atoms with Gasteiger partial charge < -0.3 is 9.64 Å². The smallest absolute Gasteiger partial charge is 0.169 e. The molecule has 1 saturated heterocycles. The maximum absolute atomic E-state index is 9.41. The molecular formula is C15H19N5O. The minimum absolute atomic E-state index is 0.593. The quantitative estimate of drug-likeness (QED) is 0.838. The van der Waals surface area contributed by atoms with Crippen molar-refractivity contribution in [1.29, 1.82) is 5.26 Å². The molecule has 6 heteroatoms. The average molecular weight is 285 g/mol. The zero-order valence-corrected chi connectivity index (χ0v) is 12.2. The van der Waals surface area contributed by atoms with E-state index in [1.165, 1.54) is 0 Å². The largest absolute Gasteiger partial charge is 0.379 e. The van der Waals surface area contributed by atoms with Gasteiger partial charge in [0.15, 0.2) is 11.5 Å². The fourth-order valence-electron chi connectivity index (χ4n) is 2.58. The molecule has 2 aromatic rings. The highest BCUT2D eigenvalue weighted by molar-refractivity contribution is 5.59. The van der Waals surface area contributed by atoms with Crippen LogP contribution < -0.4 is 4.90 Å². The lowest BCUT2D eigenvalue weighted by atomic mass is 10.3. The van der Waals surface area contributed by atoms with Crippen LogP contribution in [-0.4, -0.2) is 60.7 Å². The second-order valence-corrected chi connectivity index (χ2v) is 5.20. The predicted molar refractivity (Wildman–Crippen MR) is 80.4 cm³/mol. The van der Waals surface area contributed by atoms with Crippen molar-refractivity contribution in [2.24, 2.45) is 0 Å². The Balaban J connectivity index is 1.74. The van der Waals surface area contributed by atoms with Gasteiger partial charge in [0.05, 0.1) is 13.2 Å². The first kappa shape index (κ1) is 13.9. The van der Waals surface area contributed by atoms with Crippen LogP contribution in [0.2, 0.25) is 0 Å². The third-order valence-electron chi connectivity index (χ3n) is 3.83. The lowest BCUT2D eigenvalue weighted by Gasteiger charge is -2.28. The summed E-state index contributed by atoms with van der Waals surface area (Å²) in [6.07, 6.45) is 1.88. The average Bonchev–Trinajstić information content (AvgIpc) is 2.92. The molecule has 1 aliphatic heterocycles. The molecular weight excluding hydrogens is 266 g/mol. The number of ether oxygens (including phenoxy) is 1. The minimum atomic E-state index is 0.593. The Hall–Kier alpha value is -2.10. The molecule has 0 unspecified atom stereocenters. The Bertz CT molecular complexity index is 654. The SMILES string of the molecule is CN(CCN1CCOCC1)c1nc2ccccn2c1C#N. The van der Waals surface area contributed by atoms with Crippen molar-refractivity contribution in [1.82, 2.24) is 14.3 Å². The van der Waals surface area contributed by atoms with E-state index in [4.69, 9.17) is 4.74 Å². The van der Waals surface area contributed by atoms with Gasteiger partial charge in [0.25, 0.3) is 0 Å². The maximum atomic E-state index is 9.41. The molecule has 0 aliphatic carbocycles. The van der Waals surface area contributed by atoms with Gasteiger partial charge in [-0.15, -0.1) is 0 Å². The van der Waals surface area contributed by atoms with Crippen molar-refractivity contribution in [2.45, 2.75) is 0 Å². The molecule has 0 saturated carbocycles. The van der Waals surface area contributed by atoms with Crippen LogP contribution in [0.5, 0.6) is 0 Å². The van der Waals surface area contributed by atoms with Crippen molar-refractivity contribution >= 4 is 11.5 Å². The molecule has 6 nitrogen and oxygen atoms in total. The highest BCUT2D eigenvalue weighted by atomic mass is 16.5. The van der Waals surface area contributed by atoms with E-state index in [9.17, 15) is 5.26 Å². The normalized spacial score (nSPS) is 16.0. The number of nitriles is 1. The summed E-state index contributed by atoms with van der Waals surface area (Å²) in [5.74, 6) is 0.747. The van der Waals surface area contributed by atoms with E-state index >= 15 is 0 Å². The highest BCUT2D eigenvalue weighted by Crippen LogP contribution is 2.19. The number of hydrogen-bond acceptors (Lipinski definition) is 5. The summed E-state index contributed by atoms with van der Waals surface area (Å²) in [5.41, 5.74) is 1.40. The summed E-state index contributed by atoms with van der Waals surface area (Å²) in [6, 6.07) is 8.02. The Morgan fingerprint density at radius 1 is 1.38 bits per heavy atom. The van der Waals surface area contributed by atoms with E-state index in [-0.39, 0.29) is 0 Å². The molecule has 0 amide bonds. The third kappa shape index (κ3) is 2.84. The van der Waals surface area contributed by atoms with Gasteiger partial charge in [0.1, 0.15) is 11.7 Å². The molecule has 1 aliphatic rings. The number of pyridine rings is 1. The Kier molecular flexibility index (Phi) is 4.04. The van der Waals surface area contributed by atoms with E-state index < -0.39 is 0 Å². The standard InChI is InChI=1S/C15H19N5O/c1-18(6-7-19-8-10-21-11-9-19)15-13(12-16)20-5-3-2-4-14(20)17-15/h2-5H,6-11H2,1H3. The molecule has 0 aromatic carbocycles. The first-order valence-electron chi connectivity index (χ1n) is 7.18. The van der Waals surface area contributed by atoms with Crippen LogP contribution in [0, 0.1) is 11.3 Å². The van der Waals surface area contributed by atoms with Crippen LogP contribution in [0.3, 0.4) is 0 Å². The van der Waals surface area contributed by atoms with E-state index in [0.29, 0.717) is 5.69 Å². The van der Waals surface area contributed by atoms with E-state index in [0.717, 1.165) is 50.9 Å². The van der Waals surface area contributed by atoms with E-state index in [2.05, 4.69) is 20.9 Å². The summed E-state index contributed by atoms with van der Waals surface area (Å²) in [5, 5.41) is 9.41. The van der Waals surface area contributed by atoms with Gasteiger partial charge in [-0.1, -0.05) is 6.07 Å². The molecule has 0 radical (unpaired) electrons. The molecule has 3 heterocycles. The second kappa shape index (κ2) is 6.12. The summed E-state index contributed by atoms with van der Waals surface area (Å²) >= 11 is 0. The molecule has 0 bridgehead atoms. The van der Waals surface area contributed by atoms with Crippen molar-refractivity contribution < 1.29 is 4.74 Å². The molecule has 21 heavy (non-hydrogen) atoms. The number of morpholine rings is 1. The zero-order chi connectivity index (χ0) is 14.7. The third-order valence-corrected chi connectivity index (χ3v) is 3.83. The molecule has 0 spiro atoms. The van der Waals surface area contributed by atoms with E-state index in [1.807, 2.05) is 35.8 Å². The number of aromatic nitrogens is 2. The number of imidazole rings is 1. The van der Waals surface area contributed by atoms with Gasteiger partial charge in [-0.3, -0.25) is 9.30 Å². The predicted octanol–water partition coefficient (Wildman–Crippen LogP) is 0.974. The van der Waals surface area contributed by atoms with Crippen molar-refractivity contribution in [3.05, 3.63) is 30.1 Å².